The summed E-state index contributed by atoms with van der Waals surface area (Å²) in [6, 6.07) is 0. The molecule has 0 spiro atoms. The van der Waals surface area contributed by atoms with Crippen molar-refractivity contribution in [2.24, 2.45) is 5.73 Å². The summed E-state index contributed by atoms with van der Waals surface area (Å²) in [6.07, 6.45) is 1.59. The van der Waals surface area contributed by atoms with E-state index in [1.165, 1.54) is 0 Å². The third kappa shape index (κ3) is 7.30. The minimum Gasteiger partial charge on any atom is -0.376 e. The smallest absolute Gasteiger partial charge is 0.0567 e. The lowest BCUT2D eigenvalue weighted by Gasteiger charge is -2.30. The molecule has 3 heteroatoms. The van der Waals surface area contributed by atoms with E-state index in [4.69, 9.17) is 10.5 Å². The molecule has 0 aromatic heterocycles. The maximum Gasteiger partial charge on any atom is 0.0567 e. The average molecular weight is 202 g/mol. The van der Waals surface area contributed by atoms with Crippen molar-refractivity contribution in [1.29, 1.82) is 0 Å². The van der Waals surface area contributed by atoms with Crippen LogP contribution >= 0.6 is 0 Å². The summed E-state index contributed by atoms with van der Waals surface area (Å²) >= 11 is 0. The first-order valence-electron chi connectivity index (χ1n) is 5.48. The van der Waals surface area contributed by atoms with Crippen LogP contribution in [0, 0.1) is 0 Å². The van der Waals surface area contributed by atoms with Gasteiger partial charge in [-0.05, 0) is 41.0 Å². The van der Waals surface area contributed by atoms with Gasteiger partial charge < -0.3 is 15.8 Å². The molecule has 0 fully saturated rings. The van der Waals surface area contributed by atoms with E-state index in [1.54, 1.807) is 0 Å². The highest BCUT2D eigenvalue weighted by Crippen LogP contribution is 2.14. The van der Waals surface area contributed by atoms with Crippen molar-refractivity contribution < 1.29 is 4.74 Å². The van der Waals surface area contributed by atoms with Crippen molar-refractivity contribution in [3.05, 3.63) is 0 Å². The normalized spacial score (nSPS) is 14.8. The van der Waals surface area contributed by atoms with Gasteiger partial charge in [-0.3, -0.25) is 0 Å². The van der Waals surface area contributed by atoms with Gasteiger partial charge in [-0.1, -0.05) is 0 Å². The Labute approximate surface area is 88.4 Å². The molecule has 0 aliphatic carbocycles. The molecule has 86 valence electrons. The Hall–Kier alpha value is -0.120. The second-order valence-electron chi connectivity index (χ2n) is 4.80. The predicted molar refractivity (Wildman–Crippen MR) is 61.4 cm³/mol. The van der Waals surface area contributed by atoms with E-state index in [-0.39, 0.29) is 11.6 Å². The summed E-state index contributed by atoms with van der Waals surface area (Å²) in [6.45, 7) is 12.2. The topological polar surface area (TPSA) is 47.3 Å². The van der Waals surface area contributed by atoms with Crippen LogP contribution in [-0.2, 0) is 4.74 Å². The SMILES string of the molecule is CC(C)OC(C)CC(C)(C)NCCN. The highest BCUT2D eigenvalue weighted by molar-refractivity contribution is 4.80. The summed E-state index contributed by atoms with van der Waals surface area (Å²) in [5.74, 6) is 0. The van der Waals surface area contributed by atoms with Gasteiger partial charge in [-0.2, -0.15) is 0 Å². The van der Waals surface area contributed by atoms with Gasteiger partial charge in [0.15, 0.2) is 0 Å². The summed E-state index contributed by atoms with van der Waals surface area (Å²) in [5.41, 5.74) is 5.56. The van der Waals surface area contributed by atoms with Gasteiger partial charge in [0.05, 0.1) is 12.2 Å². The Bertz CT molecular complexity index is 146. The lowest BCUT2D eigenvalue weighted by Crippen LogP contribution is -2.44. The van der Waals surface area contributed by atoms with E-state index in [0.717, 1.165) is 13.0 Å². The van der Waals surface area contributed by atoms with Gasteiger partial charge in [0, 0.05) is 18.6 Å². The number of hydrogen-bond acceptors (Lipinski definition) is 3. The molecular weight excluding hydrogens is 176 g/mol. The Morgan fingerprint density at radius 2 is 1.86 bits per heavy atom. The van der Waals surface area contributed by atoms with E-state index in [1.807, 2.05) is 0 Å². The molecule has 3 N–H and O–H groups in total. The van der Waals surface area contributed by atoms with Crippen LogP contribution in [0.4, 0.5) is 0 Å². The summed E-state index contributed by atoms with van der Waals surface area (Å²) < 4.78 is 5.69. The molecule has 3 nitrogen and oxygen atoms in total. The molecule has 0 radical (unpaired) electrons. The first-order chi connectivity index (χ1) is 6.37. The molecule has 0 saturated heterocycles. The minimum absolute atomic E-state index is 0.105. The van der Waals surface area contributed by atoms with E-state index in [0.29, 0.717) is 12.6 Å². The maximum absolute atomic E-state index is 5.69. The van der Waals surface area contributed by atoms with E-state index < -0.39 is 0 Å². The number of nitrogens with one attached hydrogen (secondary N) is 1. The Morgan fingerprint density at radius 1 is 1.29 bits per heavy atom. The monoisotopic (exact) mass is 202 g/mol. The van der Waals surface area contributed by atoms with Crippen LogP contribution in [0.2, 0.25) is 0 Å². The largest absolute Gasteiger partial charge is 0.376 e. The standard InChI is InChI=1S/C11H26N2O/c1-9(2)14-10(3)8-11(4,5)13-7-6-12/h9-10,13H,6-8,12H2,1-5H3. The molecular formula is C11H26N2O. The number of rotatable bonds is 7. The van der Waals surface area contributed by atoms with Crippen LogP contribution in [0.5, 0.6) is 0 Å². The summed E-state index contributed by atoms with van der Waals surface area (Å²) in [5, 5.41) is 3.41. The molecule has 1 unspecified atom stereocenters. The Morgan fingerprint density at radius 3 is 2.29 bits per heavy atom. The Kier molecular flexibility index (Phi) is 6.33. The van der Waals surface area contributed by atoms with Crippen LogP contribution in [0.3, 0.4) is 0 Å². The molecule has 14 heavy (non-hydrogen) atoms. The first-order valence-corrected chi connectivity index (χ1v) is 5.48. The molecule has 0 amide bonds. The fraction of sp³-hybridized carbons (Fsp3) is 1.00. The number of nitrogens with two attached hydrogens (primary N) is 1. The molecule has 1 atom stereocenters. The highest BCUT2D eigenvalue weighted by atomic mass is 16.5. The molecule has 0 aromatic rings. The third-order valence-electron chi connectivity index (χ3n) is 2.05. The second kappa shape index (κ2) is 6.38. The predicted octanol–water partition coefficient (Wildman–Crippen LogP) is 1.52. The van der Waals surface area contributed by atoms with E-state index >= 15 is 0 Å². The minimum atomic E-state index is 0.105. The van der Waals surface area contributed by atoms with Gasteiger partial charge >= 0.3 is 0 Å². The van der Waals surface area contributed by atoms with Gasteiger partial charge in [0.1, 0.15) is 0 Å². The van der Waals surface area contributed by atoms with Crippen LogP contribution in [0.1, 0.15) is 41.0 Å². The van der Waals surface area contributed by atoms with Crippen LogP contribution in [0.15, 0.2) is 0 Å². The zero-order chi connectivity index (χ0) is 11.2. The van der Waals surface area contributed by atoms with Gasteiger partial charge in [0.2, 0.25) is 0 Å². The van der Waals surface area contributed by atoms with Gasteiger partial charge in [-0.15, -0.1) is 0 Å². The Balaban J connectivity index is 3.82. The maximum atomic E-state index is 5.69. The van der Waals surface area contributed by atoms with Crippen molar-refractivity contribution in [1.82, 2.24) is 5.32 Å². The number of hydrogen-bond donors (Lipinski definition) is 2. The zero-order valence-corrected chi connectivity index (χ0v) is 10.3. The first kappa shape index (κ1) is 13.9. The van der Waals surface area contributed by atoms with Crippen LogP contribution < -0.4 is 11.1 Å². The van der Waals surface area contributed by atoms with Crippen molar-refractivity contribution in [2.45, 2.75) is 58.8 Å². The molecule has 0 bridgehead atoms. The summed E-state index contributed by atoms with van der Waals surface area (Å²) in [7, 11) is 0. The third-order valence-corrected chi connectivity index (χ3v) is 2.05. The fourth-order valence-electron chi connectivity index (χ4n) is 1.71. The van der Waals surface area contributed by atoms with Crippen molar-refractivity contribution in [3.63, 3.8) is 0 Å². The summed E-state index contributed by atoms with van der Waals surface area (Å²) in [4.78, 5) is 0. The van der Waals surface area contributed by atoms with E-state index in [9.17, 15) is 0 Å². The van der Waals surface area contributed by atoms with Gasteiger partial charge in [-0.25, -0.2) is 0 Å². The fourth-order valence-corrected chi connectivity index (χ4v) is 1.71. The van der Waals surface area contributed by atoms with Crippen molar-refractivity contribution in [2.75, 3.05) is 13.1 Å². The molecule has 0 rings (SSSR count). The second-order valence-corrected chi connectivity index (χ2v) is 4.80. The quantitative estimate of drug-likeness (QED) is 0.658. The van der Waals surface area contributed by atoms with Crippen LogP contribution in [0.25, 0.3) is 0 Å². The van der Waals surface area contributed by atoms with Crippen LogP contribution in [-0.4, -0.2) is 30.8 Å². The highest BCUT2D eigenvalue weighted by Gasteiger charge is 2.20. The zero-order valence-electron chi connectivity index (χ0n) is 10.3. The number of ether oxygens (including phenoxy) is 1. The molecule has 0 aliphatic heterocycles. The average Bonchev–Trinajstić information content (AvgIpc) is 1.98. The molecule has 0 aliphatic rings. The molecule has 0 aromatic carbocycles. The van der Waals surface area contributed by atoms with Crippen molar-refractivity contribution >= 4 is 0 Å². The van der Waals surface area contributed by atoms with E-state index in [2.05, 4.69) is 39.9 Å². The molecule has 0 heterocycles. The lowest BCUT2D eigenvalue weighted by atomic mass is 9.97. The van der Waals surface area contributed by atoms with Crippen molar-refractivity contribution in [3.8, 4) is 0 Å². The molecule has 0 saturated carbocycles. The lowest BCUT2D eigenvalue weighted by molar-refractivity contribution is 0.00177. The van der Waals surface area contributed by atoms with Gasteiger partial charge in [0.25, 0.3) is 0 Å².